The molecule has 0 unspecified atom stereocenters. The fourth-order valence-electron chi connectivity index (χ4n) is 3.78. The highest BCUT2D eigenvalue weighted by molar-refractivity contribution is 5.74. The summed E-state index contributed by atoms with van der Waals surface area (Å²) < 4.78 is 7.30. The molecule has 30 heavy (non-hydrogen) atoms. The van der Waals surface area contributed by atoms with E-state index in [4.69, 9.17) is 4.74 Å². The van der Waals surface area contributed by atoms with Gasteiger partial charge in [0.1, 0.15) is 0 Å². The van der Waals surface area contributed by atoms with Crippen molar-refractivity contribution >= 4 is 6.03 Å². The third kappa shape index (κ3) is 5.48. The van der Waals surface area contributed by atoms with E-state index >= 15 is 0 Å². The number of aromatic nitrogens is 2. The molecular weight excluding hydrogens is 376 g/mol. The number of hydrogen-bond donors (Lipinski definition) is 1. The van der Waals surface area contributed by atoms with Gasteiger partial charge in [0.15, 0.2) is 0 Å². The fraction of sp³-hybridized carbons (Fsp3) is 0.333. The van der Waals surface area contributed by atoms with Crippen LogP contribution in [0.4, 0.5) is 4.79 Å². The van der Waals surface area contributed by atoms with E-state index < -0.39 is 0 Å². The average Bonchev–Trinajstić information content (AvgIpc) is 3.34. The second kappa shape index (κ2) is 10.1. The second-order valence-electron chi connectivity index (χ2n) is 7.70. The first-order chi connectivity index (χ1) is 14.8. The number of ether oxygens (including phenoxy) is 1. The predicted molar refractivity (Wildman–Crippen MR) is 116 cm³/mol. The average molecular weight is 405 g/mol. The number of carbonyl (C=O) groups is 1. The number of benzene rings is 2. The zero-order valence-corrected chi connectivity index (χ0v) is 17.1. The zero-order valence-electron chi connectivity index (χ0n) is 17.1. The molecule has 1 fully saturated rings. The van der Waals surface area contributed by atoms with Gasteiger partial charge in [0.05, 0.1) is 5.69 Å². The molecule has 1 aliphatic rings. The minimum absolute atomic E-state index is 0.0326. The number of urea groups is 1. The van der Waals surface area contributed by atoms with Crippen molar-refractivity contribution in [1.29, 1.82) is 0 Å². The SMILES string of the molecule is O=C(NCc1cccc(-n2cccn2)c1)N(Cc1ccccc1)CC1CCOCC1. The molecule has 2 amide bonds. The van der Waals surface area contributed by atoms with Gasteiger partial charge in [0, 0.05) is 45.2 Å². The molecule has 0 spiro atoms. The number of carbonyl (C=O) groups excluding carboxylic acids is 1. The first-order valence-corrected chi connectivity index (χ1v) is 10.5. The highest BCUT2D eigenvalue weighted by atomic mass is 16.5. The van der Waals surface area contributed by atoms with Crippen molar-refractivity contribution in [1.82, 2.24) is 20.0 Å². The Balaban J connectivity index is 1.41. The molecule has 156 valence electrons. The number of rotatable bonds is 7. The van der Waals surface area contributed by atoms with Crippen molar-refractivity contribution in [3.8, 4) is 5.69 Å². The van der Waals surface area contributed by atoms with Gasteiger partial charge in [0.2, 0.25) is 0 Å². The van der Waals surface area contributed by atoms with Crippen molar-refractivity contribution in [2.75, 3.05) is 19.8 Å². The highest BCUT2D eigenvalue weighted by Crippen LogP contribution is 2.18. The smallest absolute Gasteiger partial charge is 0.317 e. The van der Waals surface area contributed by atoms with E-state index in [9.17, 15) is 4.79 Å². The molecule has 3 aromatic rings. The zero-order chi connectivity index (χ0) is 20.6. The summed E-state index contributed by atoms with van der Waals surface area (Å²) in [6, 6.07) is 20.1. The Labute approximate surface area is 177 Å². The summed E-state index contributed by atoms with van der Waals surface area (Å²) in [4.78, 5) is 15.0. The molecule has 2 heterocycles. The van der Waals surface area contributed by atoms with E-state index in [1.165, 1.54) is 0 Å². The van der Waals surface area contributed by atoms with Gasteiger partial charge < -0.3 is 15.0 Å². The van der Waals surface area contributed by atoms with Crippen LogP contribution in [-0.2, 0) is 17.8 Å². The molecular formula is C24H28N4O2. The number of amides is 2. The predicted octanol–water partition coefficient (Wildman–Crippen LogP) is 4.01. The summed E-state index contributed by atoms with van der Waals surface area (Å²) in [6.45, 7) is 3.40. The van der Waals surface area contributed by atoms with E-state index in [1.54, 1.807) is 6.20 Å². The van der Waals surface area contributed by atoms with Gasteiger partial charge in [0.25, 0.3) is 0 Å². The maximum Gasteiger partial charge on any atom is 0.317 e. The third-order valence-corrected chi connectivity index (χ3v) is 5.45. The van der Waals surface area contributed by atoms with Gasteiger partial charge in [-0.1, -0.05) is 42.5 Å². The van der Waals surface area contributed by atoms with Gasteiger partial charge in [-0.15, -0.1) is 0 Å². The van der Waals surface area contributed by atoms with Crippen molar-refractivity contribution in [2.24, 2.45) is 5.92 Å². The van der Waals surface area contributed by atoms with Crippen LogP contribution in [0.5, 0.6) is 0 Å². The van der Waals surface area contributed by atoms with Gasteiger partial charge in [-0.05, 0) is 48.1 Å². The molecule has 0 radical (unpaired) electrons. The summed E-state index contributed by atoms with van der Waals surface area (Å²) in [7, 11) is 0. The Morgan fingerprint density at radius 2 is 1.87 bits per heavy atom. The molecule has 6 nitrogen and oxygen atoms in total. The normalized spacial score (nSPS) is 14.4. The fourth-order valence-corrected chi connectivity index (χ4v) is 3.78. The highest BCUT2D eigenvalue weighted by Gasteiger charge is 2.21. The molecule has 2 aromatic carbocycles. The summed E-state index contributed by atoms with van der Waals surface area (Å²) in [6.07, 6.45) is 5.67. The third-order valence-electron chi connectivity index (χ3n) is 5.45. The Morgan fingerprint density at radius 1 is 1.07 bits per heavy atom. The molecule has 1 N–H and O–H groups in total. The maximum absolute atomic E-state index is 13.1. The molecule has 1 aromatic heterocycles. The minimum Gasteiger partial charge on any atom is -0.381 e. The lowest BCUT2D eigenvalue weighted by atomic mass is 9.99. The van der Waals surface area contributed by atoms with Crippen molar-refractivity contribution in [2.45, 2.75) is 25.9 Å². The first kappa shape index (κ1) is 20.2. The van der Waals surface area contributed by atoms with E-state index in [2.05, 4.69) is 22.5 Å². The maximum atomic E-state index is 13.1. The Morgan fingerprint density at radius 3 is 2.63 bits per heavy atom. The lowest BCUT2D eigenvalue weighted by Crippen LogP contribution is -2.42. The summed E-state index contributed by atoms with van der Waals surface area (Å²) in [5, 5.41) is 7.38. The van der Waals surface area contributed by atoms with Gasteiger partial charge in [-0.3, -0.25) is 0 Å². The summed E-state index contributed by atoms with van der Waals surface area (Å²) in [5.41, 5.74) is 3.16. The van der Waals surface area contributed by atoms with Crippen LogP contribution in [0, 0.1) is 5.92 Å². The molecule has 0 atom stereocenters. The van der Waals surface area contributed by atoms with Crippen molar-refractivity contribution < 1.29 is 9.53 Å². The lowest BCUT2D eigenvalue weighted by molar-refractivity contribution is 0.0555. The van der Waals surface area contributed by atoms with E-state index in [-0.39, 0.29) is 6.03 Å². The van der Waals surface area contributed by atoms with Gasteiger partial charge in [-0.2, -0.15) is 5.10 Å². The van der Waals surface area contributed by atoms with Crippen LogP contribution < -0.4 is 5.32 Å². The quantitative estimate of drug-likeness (QED) is 0.647. The van der Waals surface area contributed by atoms with E-state index in [1.807, 2.05) is 64.3 Å². The van der Waals surface area contributed by atoms with Crippen LogP contribution in [0.1, 0.15) is 24.0 Å². The van der Waals surface area contributed by atoms with Crippen LogP contribution >= 0.6 is 0 Å². The molecule has 4 rings (SSSR count). The molecule has 0 bridgehead atoms. The van der Waals surface area contributed by atoms with Gasteiger partial charge >= 0.3 is 6.03 Å². The van der Waals surface area contributed by atoms with Crippen LogP contribution in [0.2, 0.25) is 0 Å². The summed E-state index contributed by atoms with van der Waals surface area (Å²) in [5.74, 6) is 0.483. The number of nitrogens with one attached hydrogen (secondary N) is 1. The Hall–Kier alpha value is -3.12. The Bertz CT molecular complexity index is 921. The van der Waals surface area contributed by atoms with Crippen LogP contribution in [0.15, 0.2) is 73.1 Å². The van der Waals surface area contributed by atoms with Crippen molar-refractivity contribution in [3.05, 3.63) is 84.2 Å². The standard InChI is InChI=1S/C24H28N4O2/c29-24(25-17-22-8-4-9-23(16-22)28-13-5-12-26-28)27(18-20-6-2-1-3-7-20)19-21-10-14-30-15-11-21/h1-9,12-13,16,21H,10-11,14-15,17-19H2,(H,25,29). The Kier molecular flexibility index (Phi) is 6.77. The topological polar surface area (TPSA) is 59.4 Å². The first-order valence-electron chi connectivity index (χ1n) is 10.5. The monoisotopic (exact) mass is 404 g/mol. The molecule has 0 saturated carbocycles. The molecule has 1 aliphatic heterocycles. The van der Waals surface area contributed by atoms with E-state index in [0.717, 1.165) is 49.4 Å². The van der Waals surface area contributed by atoms with E-state index in [0.29, 0.717) is 19.0 Å². The largest absolute Gasteiger partial charge is 0.381 e. The van der Waals surface area contributed by atoms with Crippen LogP contribution in [0.25, 0.3) is 5.69 Å². The molecule has 6 heteroatoms. The second-order valence-corrected chi connectivity index (χ2v) is 7.70. The van der Waals surface area contributed by atoms with Crippen LogP contribution in [0.3, 0.4) is 0 Å². The number of hydrogen-bond acceptors (Lipinski definition) is 3. The van der Waals surface area contributed by atoms with Crippen molar-refractivity contribution in [3.63, 3.8) is 0 Å². The van der Waals surface area contributed by atoms with Crippen LogP contribution in [-0.4, -0.2) is 40.5 Å². The number of nitrogens with zero attached hydrogens (tertiary/aromatic N) is 3. The minimum atomic E-state index is -0.0326. The lowest BCUT2D eigenvalue weighted by Gasteiger charge is -2.30. The summed E-state index contributed by atoms with van der Waals surface area (Å²) >= 11 is 0. The molecule has 0 aliphatic carbocycles. The molecule has 1 saturated heterocycles. The van der Waals surface area contributed by atoms with Gasteiger partial charge in [-0.25, -0.2) is 9.48 Å².